The number of nitrogens with one attached hydrogen (secondary N) is 1. The summed E-state index contributed by atoms with van der Waals surface area (Å²) in [5, 5.41) is 3.10. The van der Waals surface area contributed by atoms with Crippen molar-refractivity contribution >= 4 is 11.8 Å². The van der Waals surface area contributed by atoms with Gasteiger partial charge in [-0.1, -0.05) is 44.7 Å². The molecule has 160 valence electrons. The van der Waals surface area contributed by atoms with Crippen LogP contribution in [0.2, 0.25) is 0 Å². The lowest BCUT2D eigenvalue weighted by Crippen LogP contribution is -2.39. The van der Waals surface area contributed by atoms with Crippen molar-refractivity contribution in [3.05, 3.63) is 70.6 Å². The molecular weight excluding hydrogens is 395 g/mol. The number of ketones is 1. The fourth-order valence-corrected chi connectivity index (χ4v) is 4.24. The largest absolute Gasteiger partial charge is 0.458 e. The van der Waals surface area contributed by atoms with Crippen molar-refractivity contribution in [1.29, 1.82) is 0 Å². The molecule has 1 aromatic carbocycles. The molecule has 2 aliphatic rings. The highest BCUT2D eigenvalue weighted by Gasteiger charge is 2.46. The zero-order valence-corrected chi connectivity index (χ0v) is 17.2. The second-order valence-corrected chi connectivity index (χ2v) is 8.40. The molecule has 0 fully saturated rings. The van der Waals surface area contributed by atoms with Gasteiger partial charge in [-0.05, 0) is 30.4 Å². The van der Waals surface area contributed by atoms with Gasteiger partial charge in [0.15, 0.2) is 5.78 Å². The summed E-state index contributed by atoms with van der Waals surface area (Å²) in [4.78, 5) is 25.9. The number of hydrogen-bond acceptors (Lipinski definition) is 4. The molecule has 0 aromatic heterocycles. The van der Waals surface area contributed by atoms with Gasteiger partial charge in [0.05, 0.1) is 11.1 Å². The van der Waals surface area contributed by atoms with Gasteiger partial charge in [0.2, 0.25) is 0 Å². The Morgan fingerprint density at radius 1 is 1.30 bits per heavy atom. The van der Waals surface area contributed by atoms with Crippen LogP contribution in [0.3, 0.4) is 0 Å². The van der Waals surface area contributed by atoms with Crippen LogP contribution in [0.1, 0.15) is 50.7 Å². The number of benzene rings is 1. The number of rotatable bonds is 4. The second kappa shape index (κ2) is 7.78. The summed E-state index contributed by atoms with van der Waals surface area (Å²) >= 11 is 0. The number of allylic oxidation sites excluding steroid dienone is 3. The zero-order chi connectivity index (χ0) is 22.3. The molecule has 30 heavy (non-hydrogen) atoms. The molecule has 1 aliphatic heterocycles. The Hall–Kier alpha value is -2.83. The first-order chi connectivity index (χ1) is 14.0. The van der Waals surface area contributed by atoms with Crippen LogP contribution < -0.4 is 5.32 Å². The summed E-state index contributed by atoms with van der Waals surface area (Å²) in [6, 6.07) is 5.06. The highest BCUT2D eigenvalue weighted by atomic mass is 19.4. The van der Waals surface area contributed by atoms with Crippen LogP contribution in [-0.2, 0) is 20.5 Å². The van der Waals surface area contributed by atoms with Gasteiger partial charge in [-0.3, -0.25) is 4.79 Å². The third-order valence-corrected chi connectivity index (χ3v) is 5.37. The highest BCUT2D eigenvalue weighted by Crippen LogP contribution is 2.49. The van der Waals surface area contributed by atoms with Crippen LogP contribution in [0.4, 0.5) is 13.2 Å². The molecule has 0 saturated carbocycles. The Balaban J connectivity index is 2.25. The highest BCUT2D eigenvalue weighted by molar-refractivity contribution is 6.04. The zero-order valence-electron chi connectivity index (χ0n) is 17.2. The molecule has 1 aromatic rings. The fourth-order valence-electron chi connectivity index (χ4n) is 4.24. The third-order valence-electron chi connectivity index (χ3n) is 5.37. The van der Waals surface area contributed by atoms with E-state index in [2.05, 4.69) is 11.9 Å². The van der Waals surface area contributed by atoms with Crippen LogP contribution in [0, 0.1) is 5.41 Å². The summed E-state index contributed by atoms with van der Waals surface area (Å²) < 4.78 is 46.6. The summed E-state index contributed by atoms with van der Waals surface area (Å²) in [6.07, 6.45) is -2.58. The van der Waals surface area contributed by atoms with Crippen molar-refractivity contribution in [3.63, 3.8) is 0 Å². The Kier molecular flexibility index (Phi) is 5.67. The predicted octanol–water partition coefficient (Wildman–Crippen LogP) is 5.04. The maximum atomic E-state index is 13.8. The van der Waals surface area contributed by atoms with E-state index in [1.165, 1.54) is 24.3 Å². The van der Waals surface area contributed by atoms with Gasteiger partial charge in [0.1, 0.15) is 6.61 Å². The van der Waals surface area contributed by atoms with E-state index in [4.69, 9.17) is 4.74 Å². The predicted molar refractivity (Wildman–Crippen MR) is 106 cm³/mol. The van der Waals surface area contributed by atoms with Crippen molar-refractivity contribution in [2.75, 3.05) is 6.61 Å². The van der Waals surface area contributed by atoms with Gasteiger partial charge in [-0.15, -0.1) is 0 Å². The quantitative estimate of drug-likeness (QED) is 0.549. The standard InChI is InChI=1S/C23H24F3NO3/c1-5-10-30-21(29)18-13(2)27-16-11-22(3,4)12-17(28)20(16)19(18)14-8-6-7-9-15(14)23(24,25)26/h5-9,19,27H,1,10-12H2,2-4H3. The summed E-state index contributed by atoms with van der Waals surface area (Å²) in [5.74, 6) is -2.19. The molecule has 0 bridgehead atoms. The lowest BCUT2D eigenvalue weighted by atomic mass is 9.68. The second-order valence-electron chi connectivity index (χ2n) is 8.40. The van der Waals surface area contributed by atoms with Crippen molar-refractivity contribution in [3.8, 4) is 0 Å². The number of Topliss-reactive ketones (excluding diaryl/α,β-unsaturated/α-hetero) is 1. The fraction of sp³-hybridized carbons (Fsp3) is 0.391. The monoisotopic (exact) mass is 419 g/mol. The van der Waals surface area contributed by atoms with E-state index in [0.29, 0.717) is 17.8 Å². The first kappa shape index (κ1) is 21.9. The van der Waals surface area contributed by atoms with Crippen molar-refractivity contribution in [2.45, 2.75) is 45.7 Å². The molecule has 0 saturated heterocycles. The van der Waals surface area contributed by atoms with E-state index in [9.17, 15) is 22.8 Å². The summed E-state index contributed by atoms with van der Waals surface area (Å²) in [7, 11) is 0. The van der Waals surface area contributed by atoms with Gasteiger partial charge in [0, 0.05) is 29.3 Å². The lowest BCUT2D eigenvalue weighted by Gasteiger charge is -2.40. The van der Waals surface area contributed by atoms with Gasteiger partial charge >= 0.3 is 12.1 Å². The maximum Gasteiger partial charge on any atom is 0.416 e. The van der Waals surface area contributed by atoms with E-state index in [0.717, 1.165) is 6.07 Å². The molecule has 4 nitrogen and oxygen atoms in total. The Morgan fingerprint density at radius 3 is 2.60 bits per heavy atom. The average molecular weight is 419 g/mol. The Bertz CT molecular complexity index is 970. The minimum Gasteiger partial charge on any atom is -0.458 e. The molecule has 1 N–H and O–H groups in total. The van der Waals surface area contributed by atoms with E-state index in [1.54, 1.807) is 6.92 Å². The number of ether oxygens (including phenoxy) is 1. The van der Waals surface area contributed by atoms with Gasteiger partial charge in [0.25, 0.3) is 0 Å². The number of carbonyl (C=O) groups is 2. The molecular formula is C23H24F3NO3. The number of hydrogen-bond donors (Lipinski definition) is 1. The van der Waals surface area contributed by atoms with Gasteiger partial charge in [-0.25, -0.2) is 4.79 Å². The molecule has 1 aliphatic carbocycles. The first-order valence-corrected chi connectivity index (χ1v) is 9.64. The lowest BCUT2D eigenvalue weighted by molar-refractivity contribution is -0.140. The molecule has 1 unspecified atom stereocenters. The Morgan fingerprint density at radius 2 is 1.97 bits per heavy atom. The topological polar surface area (TPSA) is 55.4 Å². The number of halogens is 3. The van der Waals surface area contributed by atoms with Crippen molar-refractivity contribution in [2.24, 2.45) is 5.41 Å². The third kappa shape index (κ3) is 4.06. The number of alkyl halides is 3. The van der Waals surface area contributed by atoms with E-state index >= 15 is 0 Å². The van der Waals surface area contributed by atoms with Crippen LogP contribution in [0.5, 0.6) is 0 Å². The van der Waals surface area contributed by atoms with Crippen LogP contribution in [-0.4, -0.2) is 18.4 Å². The molecule has 1 heterocycles. The SMILES string of the molecule is C=CCOC(=O)C1=C(C)NC2=C(C(=O)CC(C)(C)C2)C1c1ccccc1C(F)(F)F. The average Bonchev–Trinajstić information content (AvgIpc) is 2.63. The molecule has 0 amide bonds. The number of esters is 1. The minimum atomic E-state index is -4.64. The van der Waals surface area contributed by atoms with E-state index in [-0.39, 0.29) is 40.9 Å². The maximum absolute atomic E-state index is 13.8. The first-order valence-electron chi connectivity index (χ1n) is 9.64. The Labute approximate surface area is 173 Å². The summed E-state index contributed by atoms with van der Waals surface area (Å²) in [5.41, 5.74) is -0.160. The van der Waals surface area contributed by atoms with E-state index < -0.39 is 23.6 Å². The van der Waals surface area contributed by atoms with Gasteiger partial charge < -0.3 is 10.1 Å². The normalized spacial score (nSPS) is 21.1. The van der Waals surface area contributed by atoms with Crippen LogP contribution in [0.25, 0.3) is 0 Å². The number of carbonyl (C=O) groups excluding carboxylic acids is 2. The van der Waals surface area contributed by atoms with Crippen molar-refractivity contribution < 1.29 is 27.5 Å². The van der Waals surface area contributed by atoms with Crippen LogP contribution in [0.15, 0.2) is 59.5 Å². The molecule has 3 rings (SSSR count). The van der Waals surface area contributed by atoms with E-state index in [1.807, 2.05) is 13.8 Å². The smallest absolute Gasteiger partial charge is 0.416 e. The summed E-state index contributed by atoms with van der Waals surface area (Å²) in [6.45, 7) is 8.89. The molecule has 1 atom stereocenters. The van der Waals surface area contributed by atoms with Gasteiger partial charge in [-0.2, -0.15) is 13.2 Å². The van der Waals surface area contributed by atoms with Crippen molar-refractivity contribution in [1.82, 2.24) is 5.32 Å². The molecule has 7 heteroatoms. The minimum absolute atomic E-state index is 0.0142. The number of dihydropyridines is 1. The molecule has 0 spiro atoms. The van der Waals surface area contributed by atoms with Crippen LogP contribution >= 0.6 is 0 Å². The molecule has 0 radical (unpaired) electrons.